The number of fused-ring (bicyclic) bond motifs is 5. The van der Waals surface area contributed by atoms with Gasteiger partial charge in [0, 0.05) is 18.3 Å². The molecule has 3 nitrogen and oxygen atoms in total. The van der Waals surface area contributed by atoms with E-state index in [0.717, 1.165) is 44.3 Å². The third-order valence-electron chi connectivity index (χ3n) is 7.11. The van der Waals surface area contributed by atoms with Gasteiger partial charge in [-0.15, -0.1) is 0 Å². The molecule has 0 N–H and O–H groups in total. The summed E-state index contributed by atoms with van der Waals surface area (Å²) in [5.41, 5.74) is 2.90. The fourth-order valence-corrected chi connectivity index (χ4v) is 5.76. The van der Waals surface area contributed by atoms with Crippen LogP contribution in [0.15, 0.2) is 18.2 Å². The number of hydrogen-bond donors (Lipinski definition) is 0. The SMILES string of the molecule is C[C@@]12CC[C@@H]3c4ccc(OCCCC#N)cc4CC[C@@H]3[C@@H]1CCC2=O. The molecule has 25 heavy (non-hydrogen) atoms. The maximum absolute atomic E-state index is 12.4. The highest BCUT2D eigenvalue weighted by molar-refractivity contribution is 5.87. The van der Waals surface area contributed by atoms with Crippen LogP contribution in [0, 0.1) is 28.6 Å². The van der Waals surface area contributed by atoms with Crippen LogP contribution in [0.2, 0.25) is 0 Å². The van der Waals surface area contributed by atoms with E-state index in [1.165, 1.54) is 17.5 Å². The summed E-state index contributed by atoms with van der Waals surface area (Å²) in [4.78, 5) is 12.4. The topological polar surface area (TPSA) is 50.1 Å². The van der Waals surface area contributed by atoms with Gasteiger partial charge >= 0.3 is 0 Å². The number of benzene rings is 1. The summed E-state index contributed by atoms with van der Waals surface area (Å²) in [7, 11) is 0. The lowest BCUT2D eigenvalue weighted by molar-refractivity contribution is -0.129. The van der Waals surface area contributed by atoms with Crippen molar-refractivity contribution in [3.8, 4) is 11.8 Å². The van der Waals surface area contributed by atoms with Gasteiger partial charge in [0.1, 0.15) is 11.5 Å². The molecule has 0 unspecified atom stereocenters. The van der Waals surface area contributed by atoms with E-state index in [-0.39, 0.29) is 5.41 Å². The lowest BCUT2D eigenvalue weighted by Crippen LogP contribution is -2.42. The zero-order chi connectivity index (χ0) is 17.4. The lowest BCUT2D eigenvalue weighted by atomic mass is 9.55. The molecular weight excluding hydrogens is 310 g/mol. The average molecular weight is 337 g/mol. The molecule has 3 heteroatoms. The zero-order valence-corrected chi connectivity index (χ0v) is 15.1. The number of hydrogen-bond acceptors (Lipinski definition) is 3. The molecule has 0 aliphatic heterocycles. The summed E-state index contributed by atoms with van der Waals surface area (Å²) in [6.07, 6.45) is 7.76. The van der Waals surface area contributed by atoms with Crippen LogP contribution in [0.3, 0.4) is 0 Å². The summed E-state index contributed by atoms with van der Waals surface area (Å²) in [5.74, 6) is 3.35. The smallest absolute Gasteiger partial charge is 0.139 e. The predicted octanol–water partition coefficient (Wildman–Crippen LogP) is 4.79. The largest absolute Gasteiger partial charge is 0.494 e. The first-order valence-corrected chi connectivity index (χ1v) is 9.79. The minimum Gasteiger partial charge on any atom is -0.494 e. The standard InChI is InChI=1S/C22H27NO2/c1-22-11-10-18-17-7-5-16(25-13-3-2-12-23)14-15(17)4-6-19(18)20(22)8-9-21(22)24/h5,7,14,18-20H,2-4,6,8-11,13H2,1H3/t18-,19+,20+,22-/m1/s1. The number of Topliss-reactive ketones (excluding diaryl/α,β-unsaturated/α-hetero) is 1. The molecule has 3 aliphatic rings. The van der Waals surface area contributed by atoms with Crippen LogP contribution in [0.25, 0.3) is 0 Å². The second-order valence-corrected chi connectivity index (χ2v) is 8.30. The Kier molecular flexibility index (Phi) is 4.31. The highest BCUT2D eigenvalue weighted by atomic mass is 16.5. The first-order chi connectivity index (χ1) is 12.1. The van der Waals surface area contributed by atoms with E-state index in [4.69, 9.17) is 10.00 Å². The van der Waals surface area contributed by atoms with E-state index in [9.17, 15) is 4.79 Å². The Labute approximate surface area is 150 Å². The Hall–Kier alpha value is -1.82. The van der Waals surface area contributed by atoms with E-state index < -0.39 is 0 Å². The second-order valence-electron chi connectivity index (χ2n) is 8.30. The molecule has 0 spiro atoms. The highest BCUT2D eigenvalue weighted by Crippen LogP contribution is 2.59. The van der Waals surface area contributed by atoms with Crippen molar-refractivity contribution in [1.82, 2.24) is 0 Å². The van der Waals surface area contributed by atoms with Gasteiger partial charge in [-0.05, 0) is 79.5 Å². The fraction of sp³-hybridized carbons (Fsp3) is 0.636. The van der Waals surface area contributed by atoms with Crippen LogP contribution < -0.4 is 4.74 Å². The molecule has 0 bridgehead atoms. The maximum Gasteiger partial charge on any atom is 0.139 e. The number of rotatable bonds is 4. The van der Waals surface area contributed by atoms with Crippen molar-refractivity contribution in [3.05, 3.63) is 29.3 Å². The molecule has 2 saturated carbocycles. The number of ketones is 1. The van der Waals surface area contributed by atoms with Gasteiger partial charge in [0.15, 0.2) is 0 Å². The van der Waals surface area contributed by atoms with E-state index in [1.807, 2.05) is 0 Å². The van der Waals surface area contributed by atoms with Crippen molar-refractivity contribution in [2.24, 2.45) is 17.3 Å². The minimum atomic E-state index is -0.0392. The molecule has 0 aromatic heterocycles. The molecule has 0 saturated heterocycles. The summed E-state index contributed by atoms with van der Waals surface area (Å²) >= 11 is 0. The van der Waals surface area contributed by atoms with Gasteiger partial charge in [0.25, 0.3) is 0 Å². The molecule has 2 fully saturated rings. The Bertz CT molecular complexity index is 719. The van der Waals surface area contributed by atoms with Crippen LogP contribution in [0.1, 0.15) is 68.9 Å². The van der Waals surface area contributed by atoms with Crippen molar-refractivity contribution in [3.63, 3.8) is 0 Å². The molecule has 1 aromatic carbocycles. The Balaban J connectivity index is 1.51. The van der Waals surface area contributed by atoms with Gasteiger partial charge < -0.3 is 4.74 Å². The third-order valence-corrected chi connectivity index (χ3v) is 7.11. The fourth-order valence-electron chi connectivity index (χ4n) is 5.76. The van der Waals surface area contributed by atoms with Gasteiger partial charge in [-0.3, -0.25) is 4.79 Å². The molecule has 3 aliphatic carbocycles. The van der Waals surface area contributed by atoms with E-state index in [0.29, 0.717) is 36.6 Å². The van der Waals surface area contributed by atoms with Crippen molar-refractivity contribution >= 4 is 5.78 Å². The van der Waals surface area contributed by atoms with E-state index in [2.05, 4.69) is 31.2 Å². The molecular formula is C22H27NO2. The summed E-state index contributed by atoms with van der Waals surface area (Å²) in [6.45, 7) is 2.85. The predicted molar refractivity (Wildman–Crippen MR) is 96.4 cm³/mol. The van der Waals surface area contributed by atoms with Crippen LogP contribution in [-0.4, -0.2) is 12.4 Å². The van der Waals surface area contributed by atoms with Crippen molar-refractivity contribution in [1.29, 1.82) is 5.26 Å². The van der Waals surface area contributed by atoms with Gasteiger partial charge in [0.05, 0.1) is 12.7 Å². The quantitative estimate of drug-likeness (QED) is 0.742. The zero-order valence-electron chi connectivity index (χ0n) is 15.1. The molecule has 0 radical (unpaired) electrons. The van der Waals surface area contributed by atoms with Gasteiger partial charge in [0.2, 0.25) is 0 Å². The lowest BCUT2D eigenvalue weighted by Gasteiger charge is -2.48. The van der Waals surface area contributed by atoms with E-state index >= 15 is 0 Å². The number of carbonyl (C=O) groups is 1. The third kappa shape index (κ3) is 2.76. The first-order valence-electron chi connectivity index (χ1n) is 9.79. The second kappa shape index (κ2) is 6.48. The highest BCUT2D eigenvalue weighted by Gasteiger charge is 2.54. The number of nitrogens with zero attached hydrogens (tertiary/aromatic N) is 1. The normalized spacial score (nSPS) is 33.1. The van der Waals surface area contributed by atoms with Crippen LogP contribution in [-0.2, 0) is 11.2 Å². The number of nitriles is 1. The minimum absolute atomic E-state index is 0.0392. The van der Waals surface area contributed by atoms with Crippen LogP contribution >= 0.6 is 0 Å². The summed E-state index contributed by atoms with van der Waals surface area (Å²) < 4.78 is 5.81. The molecule has 132 valence electrons. The van der Waals surface area contributed by atoms with Crippen LogP contribution in [0.4, 0.5) is 0 Å². The summed E-state index contributed by atoms with van der Waals surface area (Å²) in [5, 5.41) is 8.60. The number of ether oxygens (including phenoxy) is 1. The number of carbonyl (C=O) groups excluding carboxylic acids is 1. The molecule has 0 heterocycles. The Morgan fingerprint density at radius 1 is 1.28 bits per heavy atom. The van der Waals surface area contributed by atoms with Crippen molar-refractivity contribution < 1.29 is 9.53 Å². The number of aryl methyl sites for hydroxylation is 1. The Morgan fingerprint density at radius 3 is 3.00 bits per heavy atom. The molecule has 1 aromatic rings. The first kappa shape index (κ1) is 16.6. The van der Waals surface area contributed by atoms with Crippen molar-refractivity contribution in [2.45, 2.75) is 64.2 Å². The molecule has 4 atom stereocenters. The van der Waals surface area contributed by atoms with E-state index in [1.54, 1.807) is 0 Å². The molecule has 4 rings (SSSR count). The monoisotopic (exact) mass is 337 g/mol. The average Bonchev–Trinajstić information content (AvgIpc) is 2.93. The van der Waals surface area contributed by atoms with Crippen LogP contribution in [0.5, 0.6) is 5.75 Å². The van der Waals surface area contributed by atoms with Gasteiger partial charge in [-0.25, -0.2) is 0 Å². The Morgan fingerprint density at radius 2 is 2.16 bits per heavy atom. The van der Waals surface area contributed by atoms with Gasteiger partial charge in [-0.1, -0.05) is 13.0 Å². The van der Waals surface area contributed by atoms with Crippen molar-refractivity contribution in [2.75, 3.05) is 6.61 Å². The van der Waals surface area contributed by atoms with Gasteiger partial charge in [-0.2, -0.15) is 5.26 Å². The molecule has 0 amide bonds. The maximum atomic E-state index is 12.4. The number of unbranched alkanes of at least 4 members (excludes halogenated alkanes) is 1. The summed E-state index contributed by atoms with van der Waals surface area (Å²) in [6, 6.07) is 8.74.